The molecule has 3 atom stereocenters. The molecule has 0 radical (unpaired) electrons. The third-order valence-corrected chi connectivity index (χ3v) is 8.00. The number of ether oxygens (including phenoxy) is 1. The number of aliphatic imine (C=N–C) groups is 1. The standard InChI is InChI=1S/C22H19Cl2N3O5S/c1-21(2)16(18(28)32-12-13-6-4-3-5-7-13)26-19(29)22(24,20(26)33-21)25-17(23)14-8-10-15(11-9-14)27(30)31/h3-11,16,20H,12H2,1-2H3/b25-17-/t16-,20+,22?/m0/s1. The molecule has 0 saturated carbocycles. The summed E-state index contributed by atoms with van der Waals surface area (Å²) >= 11 is 14.3. The Bertz CT molecular complexity index is 1140. The summed E-state index contributed by atoms with van der Waals surface area (Å²) in [6, 6.07) is 13.9. The summed E-state index contributed by atoms with van der Waals surface area (Å²) < 4.78 is 4.82. The average Bonchev–Trinajstić information content (AvgIpc) is 3.07. The van der Waals surface area contributed by atoms with Gasteiger partial charge in [0.15, 0.2) is 0 Å². The Kier molecular flexibility index (Phi) is 6.15. The molecule has 0 aromatic heterocycles. The number of thioether (sulfide) groups is 1. The molecule has 0 N–H and O–H groups in total. The van der Waals surface area contributed by atoms with Gasteiger partial charge in [-0.25, -0.2) is 9.79 Å². The highest BCUT2D eigenvalue weighted by molar-refractivity contribution is 8.01. The van der Waals surface area contributed by atoms with Gasteiger partial charge in [0, 0.05) is 22.4 Å². The van der Waals surface area contributed by atoms with Crippen molar-refractivity contribution >= 4 is 57.7 Å². The van der Waals surface area contributed by atoms with E-state index in [1.807, 2.05) is 44.2 Å². The first-order valence-electron chi connectivity index (χ1n) is 9.95. The Morgan fingerprint density at radius 3 is 2.45 bits per heavy atom. The number of carbonyl (C=O) groups excluding carboxylic acids is 2. The monoisotopic (exact) mass is 507 g/mol. The van der Waals surface area contributed by atoms with Crippen LogP contribution in [0.25, 0.3) is 0 Å². The number of hydrogen-bond acceptors (Lipinski definition) is 7. The largest absolute Gasteiger partial charge is 0.459 e. The van der Waals surface area contributed by atoms with Crippen molar-refractivity contribution < 1.29 is 19.2 Å². The van der Waals surface area contributed by atoms with Crippen LogP contribution in [0, 0.1) is 10.1 Å². The third-order valence-electron chi connectivity index (χ3n) is 5.49. The van der Waals surface area contributed by atoms with Gasteiger partial charge in [-0.3, -0.25) is 14.9 Å². The molecule has 1 amide bonds. The molecule has 2 aliphatic rings. The number of non-ortho nitro benzene ring substituents is 1. The lowest BCUT2D eigenvalue weighted by Gasteiger charge is -2.47. The highest BCUT2D eigenvalue weighted by Crippen LogP contribution is 2.58. The van der Waals surface area contributed by atoms with Gasteiger partial charge in [0.1, 0.15) is 23.2 Å². The number of alkyl halides is 1. The second-order valence-corrected chi connectivity index (χ2v) is 10.8. The lowest BCUT2D eigenvalue weighted by atomic mass is 9.95. The number of halogens is 2. The van der Waals surface area contributed by atoms with E-state index in [9.17, 15) is 19.7 Å². The van der Waals surface area contributed by atoms with Gasteiger partial charge in [-0.1, -0.05) is 53.5 Å². The number of fused-ring (bicyclic) bond motifs is 1. The van der Waals surface area contributed by atoms with Crippen LogP contribution in [0.2, 0.25) is 0 Å². The molecule has 2 saturated heterocycles. The van der Waals surface area contributed by atoms with Gasteiger partial charge in [-0.05, 0) is 31.5 Å². The van der Waals surface area contributed by atoms with Gasteiger partial charge in [0.2, 0.25) is 5.00 Å². The van der Waals surface area contributed by atoms with Crippen molar-refractivity contribution in [3.63, 3.8) is 0 Å². The number of amides is 1. The fourth-order valence-corrected chi connectivity index (χ4v) is 6.10. The van der Waals surface area contributed by atoms with Crippen molar-refractivity contribution in [2.45, 2.75) is 41.6 Å². The Morgan fingerprint density at radius 1 is 1.21 bits per heavy atom. The molecule has 2 fully saturated rings. The Balaban J connectivity index is 1.52. The second kappa shape index (κ2) is 8.62. The number of nitrogens with zero attached hydrogens (tertiary/aromatic N) is 3. The normalized spacial score (nSPS) is 25.9. The molecular weight excluding hydrogens is 489 g/mol. The Hall–Kier alpha value is -2.62. The van der Waals surface area contributed by atoms with Gasteiger partial charge < -0.3 is 9.64 Å². The smallest absolute Gasteiger partial charge is 0.330 e. The quantitative estimate of drug-likeness (QED) is 0.110. The fourth-order valence-electron chi connectivity index (χ4n) is 3.82. The van der Waals surface area contributed by atoms with Crippen LogP contribution in [0.15, 0.2) is 59.6 Å². The molecule has 4 rings (SSSR count). The molecule has 1 unspecified atom stereocenters. The number of nitro groups is 1. The van der Waals surface area contributed by atoms with Crippen molar-refractivity contribution in [1.82, 2.24) is 4.90 Å². The first-order valence-corrected chi connectivity index (χ1v) is 11.6. The van der Waals surface area contributed by atoms with Crippen molar-refractivity contribution in [2.75, 3.05) is 0 Å². The summed E-state index contributed by atoms with van der Waals surface area (Å²) in [6.07, 6.45) is 0. The van der Waals surface area contributed by atoms with Crippen molar-refractivity contribution in [3.8, 4) is 0 Å². The van der Waals surface area contributed by atoms with E-state index in [1.165, 1.54) is 40.9 Å². The minimum absolute atomic E-state index is 0.0543. The first kappa shape index (κ1) is 23.5. The topological polar surface area (TPSA) is 102 Å². The maximum absolute atomic E-state index is 13.1. The molecule has 0 bridgehead atoms. The fraction of sp³-hybridized carbons (Fsp3) is 0.318. The SMILES string of the molecule is CC1(C)S[C@H]2N(C(=O)C2(Cl)/N=C(\Cl)c2ccc([N+](=O)[O-])cc2)[C@H]1C(=O)OCc1ccccc1. The van der Waals surface area contributed by atoms with E-state index in [0.717, 1.165) is 5.56 Å². The van der Waals surface area contributed by atoms with Crippen LogP contribution in [0.3, 0.4) is 0 Å². The number of carbonyl (C=O) groups is 2. The maximum Gasteiger partial charge on any atom is 0.330 e. The molecule has 2 aromatic rings. The van der Waals surface area contributed by atoms with E-state index in [1.54, 1.807) is 0 Å². The number of benzene rings is 2. The van der Waals surface area contributed by atoms with Gasteiger partial charge >= 0.3 is 5.97 Å². The molecule has 11 heteroatoms. The maximum atomic E-state index is 13.1. The molecule has 8 nitrogen and oxygen atoms in total. The van der Waals surface area contributed by atoms with E-state index in [0.29, 0.717) is 5.56 Å². The van der Waals surface area contributed by atoms with Crippen molar-refractivity contribution in [2.24, 2.45) is 4.99 Å². The average molecular weight is 508 g/mol. The summed E-state index contributed by atoms with van der Waals surface area (Å²) in [4.78, 5) is 40.3. The molecule has 2 aliphatic heterocycles. The summed E-state index contributed by atoms with van der Waals surface area (Å²) in [5.41, 5.74) is 1.13. The van der Waals surface area contributed by atoms with E-state index >= 15 is 0 Å². The summed E-state index contributed by atoms with van der Waals surface area (Å²) in [5, 5.41) is 10.2. The van der Waals surface area contributed by atoms with E-state index in [4.69, 9.17) is 27.9 Å². The Labute approximate surface area is 204 Å². The number of nitro benzene ring substituents is 1. The van der Waals surface area contributed by atoms with E-state index in [2.05, 4.69) is 4.99 Å². The lowest BCUT2D eigenvalue weighted by molar-refractivity contribution is -0.384. The zero-order valence-corrected chi connectivity index (χ0v) is 19.9. The van der Waals surface area contributed by atoms with E-state index in [-0.39, 0.29) is 17.5 Å². The predicted molar refractivity (Wildman–Crippen MR) is 126 cm³/mol. The highest BCUT2D eigenvalue weighted by Gasteiger charge is 2.72. The van der Waals surface area contributed by atoms with Crippen molar-refractivity contribution in [1.29, 1.82) is 0 Å². The number of rotatable bonds is 6. The highest BCUT2D eigenvalue weighted by atomic mass is 35.5. The van der Waals surface area contributed by atoms with Crippen LogP contribution in [0.5, 0.6) is 0 Å². The van der Waals surface area contributed by atoms with Crippen LogP contribution < -0.4 is 0 Å². The molecule has 33 heavy (non-hydrogen) atoms. The summed E-state index contributed by atoms with van der Waals surface area (Å²) in [5.74, 6) is -1.06. The summed E-state index contributed by atoms with van der Waals surface area (Å²) in [7, 11) is 0. The number of β-lactam (4-membered cyclic amide) rings is 1. The third kappa shape index (κ3) is 4.20. The Morgan fingerprint density at radius 2 is 1.85 bits per heavy atom. The molecular formula is C22H19Cl2N3O5S. The summed E-state index contributed by atoms with van der Waals surface area (Å²) in [6.45, 7) is 3.78. The van der Waals surface area contributed by atoms with Gasteiger partial charge in [0.05, 0.1) is 4.92 Å². The zero-order valence-electron chi connectivity index (χ0n) is 17.6. The van der Waals surface area contributed by atoms with Crippen LogP contribution in [0.1, 0.15) is 25.0 Å². The van der Waals surface area contributed by atoms with Gasteiger partial charge in [0.25, 0.3) is 11.6 Å². The van der Waals surface area contributed by atoms with E-state index < -0.39 is 38.0 Å². The molecule has 0 aliphatic carbocycles. The van der Waals surface area contributed by atoms with Crippen LogP contribution in [-0.2, 0) is 20.9 Å². The zero-order chi connectivity index (χ0) is 24.0. The molecule has 0 spiro atoms. The number of esters is 1. The number of hydrogen-bond donors (Lipinski definition) is 0. The van der Waals surface area contributed by atoms with Crippen LogP contribution >= 0.6 is 35.0 Å². The van der Waals surface area contributed by atoms with Crippen LogP contribution in [-0.4, -0.2) is 48.0 Å². The minimum Gasteiger partial charge on any atom is -0.459 e. The predicted octanol–water partition coefficient (Wildman–Crippen LogP) is 4.32. The van der Waals surface area contributed by atoms with Crippen molar-refractivity contribution in [3.05, 3.63) is 75.8 Å². The first-order chi connectivity index (χ1) is 15.5. The second-order valence-electron chi connectivity index (χ2n) is 8.16. The molecule has 172 valence electrons. The molecule has 2 heterocycles. The lowest BCUT2D eigenvalue weighted by Crippen LogP contribution is -2.70. The molecule has 2 aromatic carbocycles. The minimum atomic E-state index is -1.69. The van der Waals surface area contributed by atoms with Gasteiger partial charge in [-0.2, -0.15) is 0 Å². The van der Waals surface area contributed by atoms with Gasteiger partial charge in [-0.15, -0.1) is 11.8 Å². The van der Waals surface area contributed by atoms with Crippen LogP contribution in [0.4, 0.5) is 5.69 Å².